The number of hydrogen-bond donors (Lipinski definition) is 6. The molecule has 6 N–H and O–H groups in total. The van der Waals surface area contributed by atoms with Crippen molar-refractivity contribution in [2.24, 2.45) is 17.8 Å². The second-order valence-corrected chi connectivity index (χ2v) is 5.96. The first-order valence-electron chi connectivity index (χ1n) is 7.23. The van der Waals surface area contributed by atoms with Crippen molar-refractivity contribution in [2.75, 3.05) is 13.2 Å². The lowest BCUT2D eigenvalue weighted by Gasteiger charge is -2.26. The number of carbonyl (C=O) groups excluding carboxylic acids is 1. The van der Waals surface area contributed by atoms with Gasteiger partial charge in [-0.3, -0.25) is 4.79 Å². The quantitative estimate of drug-likeness (QED) is 0.295. The van der Waals surface area contributed by atoms with Gasteiger partial charge < -0.3 is 30.8 Å². The van der Waals surface area contributed by atoms with Gasteiger partial charge in [0.15, 0.2) is 6.10 Å². The van der Waals surface area contributed by atoms with E-state index < -0.39 is 36.9 Å². The van der Waals surface area contributed by atoms with Crippen molar-refractivity contribution in [3.8, 4) is 0 Å². The topological polar surface area (TPSA) is 130 Å². The number of hydrogen-bond acceptors (Lipinski definition) is 6. The Kier molecular flexibility index (Phi) is 5.34. The van der Waals surface area contributed by atoms with Crippen molar-refractivity contribution in [1.29, 1.82) is 0 Å². The van der Waals surface area contributed by atoms with Gasteiger partial charge in [0.1, 0.15) is 18.3 Å². The molecule has 0 spiro atoms. The average molecular weight is 301 g/mol. The molecule has 1 amide bonds. The van der Waals surface area contributed by atoms with Crippen LogP contribution in [0.25, 0.3) is 0 Å². The van der Waals surface area contributed by atoms with Gasteiger partial charge in [0.25, 0.3) is 5.91 Å². The van der Waals surface area contributed by atoms with Crippen molar-refractivity contribution >= 4 is 5.91 Å². The molecule has 0 aliphatic heterocycles. The van der Waals surface area contributed by atoms with Gasteiger partial charge in [0.05, 0.1) is 6.61 Å². The SMILES string of the molecule is O=C(NCC1CC2C=CC1C2)C(O)C(O)C(O)C(O)CO. The standard InChI is InChI=1S/C14H23NO6/c16-6-10(17)11(18)12(19)13(20)14(21)15-5-9-4-7-1-2-8(9)3-7/h1-2,7-13,16-20H,3-6H2,(H,15,21). The summed E-state index contributed by atoms with van der Waals surface area (Å²) in [6.45, 7) is -0.364. The van der Waals surface area contributed by atoms with Crippen LogP contribution in [0, 0.1) is 17.8 Å². The lowest BCUT2D eigenvalue weighted by molar-refractivity contribution is -0.149. The summed E-state index contributed by atoms with van der Waals surface area (Å²) in [5.74, 6) is 0.577. The summed E-state index contributed by atoms with van der Waals surface area (Å²) in [5.41, 5.74) is 0. The largest absolute Gasteiger partial charge is 0.394 e. The highest BCUT2D eigenvalue weighted by Crippen LogP contribution is 2.42. The van der Waals surface area contributed by atoms with Crippen LogP contribution in [0.2, 0.25) is 0 Å². The molecular formula is C14H23NO6. The fourth-order valence-corrected chi connectivity index (χ4v) is 3.14. The molecule has 2 aliphatic rings. The van der Waals surface area contributed by atoms with E-state index in [4.69, 9.17) is 5.11 Å². The van der Waals surface area contributed by atoms with E-state index in [0.717, 1.165) is 12.8 Å². The zero-order valence-electron chi connectivity index (χ0n) is 11.7. The highest BCUT2D eigenvalue weighted by molar-refractivity contribution is 5.81. The van der Waals surface area contributed by atoms with E-state index >= 15 is 0 Å². The Morgan fingerprint density at radius 2 is 1.86 bits per heavy atom. The summed E-state index contributed by atoms with van der Waals surface area (Å²) in [6, 6.07) is 0. The zero-order chi connectivity index (χ0) is 15.6. The van der Waals surface area contributed by atoms with Crippen molar-refractivity contribution in [1.82, 2.24) is 5.32 Å². The van der Waals surface area contributed by atoms with E-state index in [0.29, 0.717) is 24.3 Å². The van der Waals surface area contributed by atoms with Crippen molar-refractivity contribution in [2.45, 2.75) is 37.3 Å². The van der Waals surface area contributed by atoms with Crippen molar-refractivity contribution < 1.29 is 30.3 Å². The van der Waals surface area contributed by atoms with Gasteiger partial charge in [-0.25, -0.2) is 0 Å². The van der Waals surface area contributed by atoms with Crippen LogP contribution in [0.15, 0.2) is 12.2 Å². The van der Waals surface area contributed by atoms with Crippen LogP contribution < -0.4 is 5.32 Å². The van der Waals surface area contributed by atoms with Gasteiger partial charge in [-0.05, 0) is 30.6 Å². The number of amides is 1. The predicted molar refractivity (Wildman–Crippen MR) is 73.0 cm³/mol. The van der Waals surface area contributed by atoms with E-state index in [9.17, 15) is 25.2 Å². The molecule has 1 saturated carbocycles. The van der Waals surface area contributed by atoms with Crippen LogP contribution in [0.5, 0.6) is 0 Å². The van der Waals surface area contributed by atoms with Gasteiger partial charge in [-0.2, -0.15) is 0 Å². The van der Waals surface area contributed by atoms with E-state index in [1.807, 2.05) is 0 Å². The third-order valence-corrected chi connectivity index (χ3v) is 4.48. The van der Waals surface area contributed by atoms with Crippen LogP contribution in [0.1, 0.15) is 12.8 Å². The maximum absolute atomic E-state index is 11.8. The molecule has 7 atom stereocenters. The zero-order valence-corrected chi connectivity index (χ0v) is 11.7. The first kappa shape index (κ1) is 16.4. The summed E-state index contributed by atoms with van der Waals surface area (Å²) in [4.78, 5) is 11.8. The predicted octanol–water partition coefficient (Wildman–Crippen LogP) is -2.25. The molecule has 0 aromatic heterocycles. The Morgan fingerprint density at radius 1 is 1.14 bits per heavy atom. The van der Waals surface area contributed by atoms with Crippen LogP contribution in [0.3, 0.4) is 0 Å². The fourth-order valence-electron chi connectivity index (χ4n) is 3.14. The van der Waals surface area contributed by atoms with Gasteiger partial charge in [0.2, 0.25) is 0 Å². The molecule has 2 rings (SSSR count). The van der Waals surface area contributed by atoms with Crippen LogP contribution in [0.4, 0.5) is 0 Å². The maximum atomic E-state index is 11.8. The van der Waals surface area contributed by atoms with E-state index in [1.54, 1.807) is 0 Å². The molecule has 2 bridgehead atoms. The second kappa shape index (κ2) is 6.85. The smallest absolute Gasteiger partial charge is 0.251 e. The number of allylic oxidation sites excluding steroid dienone is 2. The number of aliphatic hydroxyl groups is 5. The van der Waals surface area contributed by atoms with Gasteiger partial charge in [0, 0.05) is 6.54 Å². The molecular weight excluding hydrogens is 278 g/mol. The molecule has 7 nitrogen and oxygen atoms in total. The van der Waals surface area contributed by atoms with Crippen LogP contribution >= 0.6 is 0 Å². The monoisotopic (exact) mass is 301 g/mol. The Balaban J connectivity index is 1.78. The number of nitrogens with one attached hydrogen (secondary N) is 1. The third-order valence-electron chi connectivity index (χ3n) is 4.48. The van der Waals surface area contributed by atoms with E-state index in [1.165, 1.54) is 0 Å². The van der Waals surface area contributed by atoms with Gasteiger partial charge in [-0.15, -0.1) is 0 Å². The minimum atomic E-state index is -1.85. The Morgan fingerprint density at radius 3 is 2.38 bits per heavy atom. The first-order valence-corrected chi connectivity index (χ1v) is 7.23. The molecule has 0 aromatic rings. The normalized spacial score (nSPS) is 32.7. The number of carbonyl (C=O) groups is 1. The van der Waals surface area contributed by atoms with Crippen molar-refractivity contribution in [3.05, 3.63) is 12.2 Å². The lowest BCUT2D eigenvalue weighted by Crippen LogP contribution is -2.52. The summed E-state index contributed by atoms with van der Waals surface area (Å²) >= 11 is 0. The molecule has 7 heteroatoms. The van der Waals surface area contributed by atoms with E-state index in [-0.39, 0.29) is 0 Å². The second-order valence-electron chi connectivity index (χ2n) is 5.96. The Labute approximate surface area is 122 Å². The molecule has 120 valence electrons. The number of aliphatic hydroxyl groups excluding tert-OH is 5. The molecule has 2 aliphatic carbocycles. The van der Waals surface area contributed by atoms with E-state index in [2.05, 4.69) is 17.5 Å². The van der Waals surface area contributed by atoms with Gasteiger partial charge in [-0.1, -0.05) is 12.2 Å². The average Bonchev–Trinajstić information content (AvgIpc) is 3.12. The minimum absolute atomic E-state index is 0.334. The van der Waals surface area contributed by atoms with Crippen molar-refractivity contribution in [3.63, 3.8) is 0 Å². The molecule has 0 saturated heterocycles. The summed E-state index contributed by atoms with van der Waals surface area (Å²) in [7, 11) is 0. The van der Waals surface area contributed by atoms with Crippen LogP contribution in [-0.4, -0.2) is 69.0 Å². The number of rotatable bonds is 7. The summed E-state index contributed by atoms with van der Waals surface area (Å²) in [6.07, 6.45) is -0.660. The summed E-state index contributed by atoms with van der Waals surface area (Å²) < 4.78 is 0. The number of fused-ring (bicyclic) bond motifs is 2. The molecule has 0 heterocycles. The minimum Gasteiger partial charge on any atom is -0.394 e. The molecule has 1 fully saturated rings. The lowest BCUT2D eigenvalue weighted by atomic mass is 9.93. The highest BCUT2D eigenvalue weighted by atomic mass is 16.4. The fraction of sp³-hybridized carbons (Fsp3) is 0.786. The Bertz CT molecular complexity index is 401. The Hall–Kier alpha value is -0.990. The molecule has 0 radical (unpaired) electrons. The van der Waals surface area contributed by atoms with Crippen LogP contribution in [-0.2, 0) is 4.79 Å². The van der Waals surface area contributed by atoms with Gasteiger partial charge >= 0.3 is 0 Å². The molecule has 21 heavy (non-hydrogen) atoms. The summed E-state index contributed by atoms with van der Waals surface area (Å²) in [5, 5.41) is 49.2. The highest BCUT2D eigenvalue weighted by Gasteiger charge is 2.37. The first-order chi connectivity index (χ1) is 9.93. The third kappa shape index (κ3) is 3.61. The maximum Gasteiger partial charge on any atom is 0.251 e. The molecule has 0 aromatic carbocycles. The molecule has 7 unspecified atom stereocenters.